The fourth-order valence-corrected chi connectivity index (χ4v) is 18.7. The molecule has 842 valence electrons. The van der Waals surface area contributed by atoms with Crippen LogP contribution in [0.2, 0.25) is 0 Å². The van der Waals surface area contributed by atoms with E-state index in [1.807, 2.05) is 22.9 Å². The number of hydrogen-bond acceptors (Lipinski definition) is 38. The second-order valence-electron chi connectivity index (χ2n) is 34.9. The van der Waals surface area contributed by atoms with E-state index in [9.17, 15) is 9.59 Å². The maximum Gasteiger partial charge on any atom is 0.475 e. The first-order valence-corrected chi connectivity index (χ1v) is 49.1. The lowest BCUT2D eigenvalue weighted by molar-refractivity contribution is -0.357. The van der Waals surface area contributed by atoms with Gasteiger partial charge in [0.2, 0.25) is 23.6 Å². The minimum atomic E-state index is -7.04. The number of nitrogens with one attached hydrogen (secondary N) is 4. The minimum Gasteiger partial charge on any atom is -0.465 e. The second-order valence-corrected chi connectivity index (χ2v) is 36.5. The average Bonchev–Trinajstić information content (AvgIpc) is 0.723. The van der Waals surface area contributed by atoms with Crippen molar-refractivity contribution in [3.05, 3.63) is 12.2 Å². The molecule has 4 aliphatic rings. The summed E-state index contributed by atoms with van der Waals surface area (Å²) in [5.41, 5.74) is 0. The highest BCUT2D eigenvalue weighted by Gasteiger charge is 2.65. The molecule has 0 spiro atoms. The van der Waals surface area contributed by atoms with Crippen molar-refractivity contribution < 1.29 is 258 Å². The highest BCUT2D eigenvalue weighted by molar-refractivity contribution is 7.48. The second kappa shape index (κ2) is 74.2. The van der Waals surface area contributed by atoms with Crippen LogP contribution in [0.15, 0.2) is 12.2 Å². The molecular formula is C101H185N4O38P. The molecule has 4 rings (SSSR count). The Morgan fingerprint density at radius 3 is 1.10 bits per heavy atom. The predicted octanol–water partition coefficient (Wildman–Crippen LogP) is 10.4. The Morgan fingerprint density at radius 1 is 0.368 bits per heavy atom. The molecule has 3 heterocycles. The Kier molecular flexibility index (Phi) is 34.5. The molecule has 3 saturated heterocycles. The van der Waals surface area contributed by atoms with Gasteiger partial charge in [0.1, 0.15) is 111 Å². The van der Waals surface area contributed by atoms with Gasteiger partial charge in [0.05, 0.1) is 174 Å². The molecule has 1 unspecified atom stereocenters. The topological polar surface area (TPSA) is 462 Å². The highest BCUT2D eigenvalue weighted by atomic mass is 31.2. The third-order valence-corrected chi connectivity index (χ3v) is 26.3. The zero-order chi connectivity index (χ0) is 154. The smallest absolute Gasteiger partial charge is 0.465 e. The monoisotopic (exact) mass is 2150 g/mol. The van der Waals surface area contributed by atoms with Crippen LogP contribution < -0.4 is 21.3 Å². The van der Waals surface area contributed by atoms with Gasteiger partial charge in [0.25, 0.3) is 17.4 Å². The van der Waals surface area contributed by atoms with E-state index in [1.165, 1.54) is 63.9 Å². The lowest BCUT2D eigenvalue weighted by atomic mass is 9.83. The molecule has 4 N–H and O–H groups in total. The molecule has 0 radical (unpaired) electrons. The largest absolute Gasteiger partial charge is 0.475 e. The maximum absolute atomic E-state index is 16.6. The summed E-state index contributed by atoms with van der Waals surface area (Å²) < 4.78 is 660. The zero-order valence-corrected chi connectivity index (χ0v) is 82.5. The first-order valence-electron chi connectivity index (χ1n) is 76.2. The number of hydrogen-bond donors (Lipinski definition) is 4. The molecule has 0 aromatic carbocycles. The van der Waals surface area contributed by atoms with Gasteiger partial charge in [-0.05, 0) is 19.3 Å². The van der Waals surface area contributed by atoms with Crippen molar-refractivity contribution in [1.29, 1.82) is 0 Å². The molecule has 42 nitrogen and oxygen atoms in total. The highest BCUT2D eigenvalue weighted by Crippen LogP contribution is 2.54. The number of amides is 4. The molecule has 144 heavy (non-hydrogen) atoms. The van der Waals surface area contributed by atoms with Gasteiger partial charge in [0.15, 0.2) is 0 Å². The van der Waals surface area contributed by atoms with Crippen LogP contribution in [0.3, 0.4) is 0 Å². The number of esters is 3. The van der Waals surface area contributed by atoms with E-state index in [1.54, 1.807) is 0 Å². The number of methoxy groups -OCH3 is 21. The fourth-order valence-electron chi connectivity index (χ4n) is 17.6. The van der Waals surface area contributed by atoms with Crippen LogP contribution in [-0.4, -0.2) is 400 Å². The normalized spacial score (nSPS) is 34.8. The van der Waals surface area contributed by atoms with Crippen molar-refractivity contribution in [2.45, 2.75) is 396 Å². The van der Waals surface area contributed by atoms with Crippen LogP contribution in [0, 0.1) is 0 Å². The first-order chi connectivity index (χ1) is 91.4. The molecule has 4 fully saturated rings. The summed E-state index contributed by atoms with van der Waals surface area (Å²) in [4.78, 5) is 108. The quantitative estimate of drug-likeness (QED) is 0.0144. The average molecular weight is 2150 g/mol. The van der Waals surface area contributed by atoms with Gasteiger partial charge in [-0.2, -0.15) is 0 Å². The predicted molar refractivity (Wildman–Crippen MR) is 530 cm³/mol. The van der Waals surface area contributed by atoms with Gasteiger partial charge in [0, 0.05) is 160 Å². The van der Waals surface area contributed by atoms with Gasteiger partial charge in [-0.25, -0.2) is 18.9 Å². The molecule has 0 bridgehead atoms. The van der Waals surface area contributed by atoms with Gasteiger partial charge in [-0.3, -0.25) is 32.7 Å². The molecule has 1 saturated carbocycles. The van der Waals surface area contributed by atoms with E-state index < -0.39 is 413 Å². The van der Waals surface area contributed by atoms with Gasteiger partial charge in [-0.1, -0.05) is 206 Å². The van der Waals surface area contributed by atoms with Crippen LogP contribution in [0.1, 0.15) is 317 Å². The molecule has 43 heteroatoms. The van der Waals surface area contributed by atoms with E-state index >= 15 is 28.5 Å². The SMILES string of the molecule is [2H]C([2H])([2H])OCC(=O)N[C@H]1[C@H]([C@@H](OC([2H])([2H])[2H])[C@@H](COC)OC([2H])([2H])[2H])O[C@@](OCC(=O)N[C@H]2[C@H]([C@@H](OC([2H])([2H])[2H])[C@@H](COC)OC([2H])([2H])[2H])O[C@@](OCC(=O)N[C@H]3[C@H]([C@@H](OC([2H])([2H])[2H])[C@@H](COC)OC([2H])([2H])[2H])O[C@@](O[C@H]4[C@@H](OC([2H])([2H])[2H])[C@@H](OP(=O)(OC[C@H](NC(=O)CCCCCCCCCCCCCCCCCCCCCCC)[C@@H](/C=C/CCCCCCCCCCC)OC([2H])([2H])[2H])OC([2H])([2H])[2H])[C@H](OC([2H])([2H])[2H])[C@@H](OC([2H])([2H])[2H])[C@@H]4OC([2H])([2H])[2H])(C(=O)OC([2H])([2H])[2H])C[C@@H]3OC([2H])([2H])[2H])(C(=O)OC([2H])([2H])[2H])C[C@@H]2OC([2H])([2H])[2H])(C(=O)OC([2H])([2H])[2H])C[C@@H]1OC([2H])([2H])[2H]. The van der Waals surface area contributed by atoms with Crippen LogP contribution in [0.4, 0.5) is 0 Å². The van der Waals surface area contributed by atoms with Crippen LogP contribution in [0.25, 0.3) is 0 Å². The number of phosphoric acid groups is 1. The molecule has 0 aromatic heterocycles. The Morgan fingerprint density at radius 2 is 0.722 bits per heavy atom. The Bertz CT molecular complexity index is 5710. The third-order valence-electron chi connectivity index (χ3n) is 25.1. The molecule has 27 atom stereocenters. The number of phosphoric ester groups is 1. The molecule has 4 amide bonds. The van der Waals surface area contributed by atoms with Crippen molar-refractivity contribution >= 4 is 49.4 Å². The summed E-state index contributed by atoms with van der Waals surface area (Å²) in [7, 11) is -84.7. The third kappa shape index (κ3) is 41.3. The number of allylic oxidation sites excluding steroid dienone is 1. The maximum atomic E-state index is 16.6. The molecular weight excluding hydrogens is 1910 g/mol. The molecule has 0 aromatic rings. The number of carbonyl (C=O) groups is 7. The van der Waals surface area contributed by atoms with Crippen molar-refractivity contribution in [3.63, 3.8) is 0 Å². The number of carbonyl (C=O) groups excluding carboxylic acids is 7. The lowest BCUT2D eigenvalue weighted by Crippen LogP contribution is -2.72. The van der Waals surface area contributed by atoms with Crippen molar-refractivity contribution in [3.8, 4) is 0 Å². The van der Waals surface area contributed by atoms with Crippen molar-refractivity contribution in [2.75, 3.05) is 201 Å². The van der Waals surface area contributed by atoms with Crippen LogP contribution >= 0.6 is 7.82 Å². The summed E-state index contributed by atoms with van der Waals surface area (Å²) in [5, 5.41) is 8.15. The van der Waals surface area contributed by atoms with Gasteiger partial charge in [-0.15, -0.1) is 0 Å². The zero-order valence-electron chi connectivity index (χ0n) is 139. The Hall–Kier alpha value is -4.82. The summed E-state index contributed by atoms with van der Waals surface area (Å²) in [6.07, 6.45) is -39.2. The number of ether oxygens (including phenoxy) is 27. The van der Waals surface area contributed by atoms with E-state index in [2.05, 4.69) is 21.7 Å². The Balaban J connectivity index is 2.36. The summed E-state index contributed by atoms with van der Waals surface area (Å²) in [6.45, 7) is -8.26. The van der Waals surface area contributed by atoms with Crippen LogP contribution in [-0.2, 0) is 180 Å². The fraction of sp³-hybridized carbons (Fsp3) is 0.911. The van der Waals surface area contributed by atoms with Crippen molar-refractivity contribution in [2.24, 2.45) is 0 Å². The Labute approximate surface area is 937 Å². The van der Waals surface area contributed by atoms with Gasteiger partial charge < -0.3 is 149 Å². The number of rotatable bonds is 83. The molecule has 3 aliphatic heterocycles. The minimum absolute atomic E-state index is 0.0803. The summed E-state index contributed by atoms with van der Waals surface area (Å²) in [6, 6.07) is -11.3. The molecule has 1 aliphatic carbocycles. The lowest BCUT2D eigenvalue weighted by Gasteiger charge is -2.53. The van der Waals surface area contributed by atoms with E-state index in [0.29, 0.717) is 52.7 Å². The summed E-state index contributed by atoms with van der Waals surface area (Å²) in [5.74, 6) is -29.2. The standard InChI is InChI=1S/C101H185N4O38P/c1-25-27-29-31-33-35-37-38-39-40-41-42-43-44-45-46-48-50-52-54-56-58-77(106)102-69(70(118-7)57-55-53-51-49-47-36-34-32-30-28-26-2)62-138-144(113,135-24)143-95-92(130-19)90(128-17)91(129-18)94(93(95)131-20)142-101(98(112)134-23)61-73(121-10)83(89(141-101)86(127-16)76(124-13)65-116-5)105-80(109)68-137-100(97(111)133-22)60-72(120-9)82(88(140-100)85(126-15)75(123-12)64-115-4)104-79(108)67-136-99(96(110)132-21)59-71(119-8)81(103-78(107)66-117-6)87(139-99)84(125-14)74(122-11)63-114-3/h55,57,69-76,81-95H,25-54,56,58-68H2,1-24H3,(H,102,106)(H,103,107)(H,104,108)(H,105,109)/b57-55+/t69-,70+,71-,72-,73-,74+,75+,76+,81+,82+,83+,84-,85-,86-,87+,88+,89+,90-,91-,92+,93+,94+,95-,99+,100+,101-,144?/m0/s1/i6D3,7D3,8D3,9D3,10D3,11D3,12D3,13D3,14D3,15D3,16D3,17D3,18D3,19D3,20D3,21D3,22D3,23D3,24D3. The van der Waals surface area contributed by atoms with Gasteiger partial charge >= 0.3 is 25.7 Å². The summed E-state index contributed by atoms with van der Waals surface area (Å²) >= 11 is 0. The van der Waals surface area contributed by atoms with E-state index in [4.69, 9.17) is 210 Å². The van der Waals surface area contributed by atoms with E-state index in [0.717, 1.165) is 103 Å². The number of unbranched alkanes of at least 4 members (excludes halogenated alkanes) is 29. The van der Waals surface area contributed by atoms with Crippen LogP contribution in [0.5, 0.6) is 0 Å². The first kappa shape index (κ1) is 67.0. The van der Waals surface area contributed by atoms with Crippen molar-refractivity contribution in [1.82, 2.24) is 21.3 Å². The van der Waals surface area contributed by atoms with E-state index in [-0.39, 0.29) is 12.8 Å².